The Hall–Kier alpha value is -2.02. The van der Waals surface area contributed by atoms with Gasteiger partial charge in [-0.3, -0.25) is 4.79 Å². The summed E-state index contributed by atoms with van der Waals surface area (Å²) in [6, 6.07) is 8.79. The predicted octanol–water partition coefficient (Wildman–Crippen LogP) is 1.46. The second-order valence-electron chi connectivity index (χ2n) is 3.08. The van der Waals surface area contributed by atoms with E-state index in [9.17, 15) is 4.79 Å². The predicted molar refractivity (Wildman–Crippen MR) is 53.4 cm³/mol. The Morgan fingerprint density at radius 2 is 2.40 bits per heavy atom. The highest BCUT2D eigenvalue weighted by Gasteiger charge is 2.16. The van der Waals surface area contributed by atoms with E-state index in [0.29, 0.717) is 5.75 Å². The largest absolute Gasteiger partial charge is 0.497 e. The topological polar surface area (TPSA) is 70.3 Å². The Kier molecular flexibility index (Phi) is 3.69. The van der Waals surface area contributed by atoms with Crippen LogP contribution in [0.5, 0.6) is 5.75 Å². The summed E-state index contributed by atoms with van der Waals surface area (Å²) in [5, 5.41) is 17.3. The maximum absolute atomic E-state index is 10.6. The number of carboxylic acid groups (broad SMARTS) is 1. The lowest BCUT2D eigenvalue weighted by molar-refractivity contribution is -0.139. The quantitative estimate of drug-likeness (QED) is 0.807. The molecule has 78 valence electrons. The molecule has 1 atom stereocenters. The number of hydrogen-bond acceptors (Lipinski definition) is 3. The summed E-state index contributed by atoms with van der Waals surface area (Å²) in [6.07, 6.45) is 0.197. The van der Waals surface area contributed by atoms with Crippen LogP contribution in [0.2, 0.25) is 0 Å². The van der Waals surface area contributed by atoms with E-state index in [4.69, 9.17) is 15.1 Å². The lowest BCUT2D eigenvalue weighted by atomic mass is 10.0. The van der Waals surface area contributed by atoms with Gasteiger partial charge in [0.05, 0.1) is 13.2 Å². The van der Waals surface area contributed by atoms with E-state index >= 15 is 0 Å². The Labute approximate surface area is 87.7 Å². The first-order chi connectivity index (χ1) is 7.17. The van der Waals surface area contributed by atoms with Crippen molar-refractivity contribution in [3.63, 3.8) is 0 Å². The van der Waals surface area contributed by atoms with Gasteiger partial charge < -0.3 is 9.84 Å². The molecule has 1 aromatic rings. The molecule has 1 aromatic carbocycles. The Morgan fingerprint density at radius 3 is 2.93 bits per heavy atom. The van der Waals surface area contributed by atoms with E-state index in [1.165, 1.54) is 7.11 Å². The summed E-state index contributed by atoms with van der Waals surface area (Å²) in [4.78, 5) is 10.6. The van der Waals surface area contributed by atoms with Gasteiger partial charge in [-0.25, -0.2) is 0 Å². The molecule has 1 rings (SSSR count). The molecular weight excluding hydrogens is 194 g/mol. The lowest BCUT2D eigenvalue weighted by Gasteiger charge is -2.05. The van der Waals surface area contributed by atoms with Crippen molar-refractivity contribution in [1.82, 2.24) is 0 Å². The van der Waals surface area contributed by atoms with Crippen LogP contribution in [0.25, 0.3) is 0 Å². The fraction of sp³-hybridized carbons (Fsp3) is 0.273. The average Bonchev–Trinajstić information content (AvgIpc) is 2.25. The SMILES string of the molecule is COc1cccc(C[C@@H](C#N)C(=O)O)c1. The number of nitriles is 1. The highest BCUT2D eigenvalue weighted by Crippen LogP contribution is 2.15. The number of nitrogens with zero attached hydrogens (tertiary/aromatic N) is 1. The highest BCUT2D eigenvalue weighted by atomic mass is 16.5. The van der Waals surface area contributed by atoms with Crippen LogP contribution in [-0.4, -0.2) is 18.2 Å². The van der Waals surface area contributed by atoms with Crippen LogP contribution >= 0.6 is 0 Å². The van der Waals surface area contributed by atoms with E-state index in [0.717, 1.165) is 5.56 Å². The van der Waals surface area contributed by atoms with Gasteiger partial charge >= 0.3 is 5.97 Å². The Bertz CT molecular complexity index is 395. The zero-order valence-corrected chi connectivity index (χ0v) is 8.30. The molecule has 15 heavy (non-hydrogen) atoms. The van der Waals surface area contributed by atoms with Crippen molar-refractivity contribution < 1.29 is 14.6 Å². The van der Waals surface area contributed by atoms with Crippen molar-refractivity contribution in [2.24, 2.45) is 5.92 Å². The van der Waals surface area contributed by atoms with Crippen molar-refractivity contribution in [3.8, 4) is 11.8 Å². The third kappa shape index (κ3) is 2.99. The maximum Gasteiger partial charge on any atom is 0.321 e. The first-order valence-corrected chi connectivity index (χ1v) is 4.42. The molecule has 0 aliphatic rings. The van der Waals surface area contributed by atoms with Crippen LogP contribution in [0.3, 0.4) is 0 Å². The Balaban J connectivity index is 2.80. The van der Waals surface area contributed by atoms with E-state index in [1.54, 1.807) is 30.3 Å². The zero-order valence-electron chi connectivity index (χ0n) is 8.30. The molecule has 0 saturated carbocycles. The van der Waals surface area contributed by atoms with Crippen LogP contribution in [-0.2, 0) is 11.2 Å². The molecule has 1 N–H and O–H groups in total. The van der Waals surface area contributed by atoms with Crippen LogP contribution in [0, 0.1) is 17.2 Å². The standard InChI is InChI=1S/C11H11NO3/c1-15-10-4-2-3-8(6-10)5-9(7-12)11(13)14/h2-4,6,9H,5H2,1H3,(H,13,14)/t9-/m0/s1. The van der Waals surface area contributed by atoms with Crippen molar-refractivity contribution in [2.45, 2.75) is 6.42 Å². The van der Waals surface area contributed by atoms with Crippen LogP contribution in [0.1, 0.15) is 5.56 Å². The summed E-state index contributed by atoms with van der Waals surface area (Å²) in [5.41, 5.74) is 0.781. The molecule has 0 unspecified atom stereocenters. The number of aliphatic carboxylic acids is 1. The second-order valence-corrected chi connectivity index (χ2v) is 3.08. The smallest absolute Gasteiger partial charge is 0.321 e. The van der Waals surface area contributed by atoms with Gasteiger partial charge in [-0.15, -0.1) is 0 Å². The molecule has 0 aliphatic carbocycles. The molecule has 0 saturated heterocycles. The number of carboxylic acids is 1. The summed E-state index contributed by atoms with van der Waals surface area (Å²) < 4.78 is 5.00. The Morgan fingerprint density at radius 1 is 1.67 bits per heavy atom. The molecule has 4 nitrogen and oxygen atoms in total. The van der Waals surface area contributed by atoms with Crippen molar-refractivity contribution >= 4 is 5.97 Å². The first kappa shape index (κ1) is 11.1. The number of benzene rings is 1. The van der Waals surface area contributed by atoms with Gasteiger partial charge in [0.2, 0.25) is 0 Å². The van der Waals surface area contributed by atoms with Crippen molar-refractivity contribution in [2.75, 3.05) is 7.11 Å². The van der Waals surface area contributed by atoms with Gasteiger partial charge in [0.15, 0.2) is 0 Å². The van der Waals surface area contributed by atoms with E-state index in [2.05, 4.69) is 0 Å². The average molecular weight is 205 g/mol. The van der Waals surface area contributed by atoms with Crippen molar-refractivity contribution in [1.29, 1.82) is 5.26 Å². The zero-order chi connectivity index (χ0) is 11.3. The molecule has 0 bridgehead atoms. The minimum Gasteiger partial charge on any atom is -0.497 e. The molecular formula is C11H11NO3. The molecule has 0 heterocycles. The number of ether oxygens (including phenoxy) is 1. The summed E-state index contributed by atoms with van der Waals surface area (Å²) in [7, 11) is 1.54. The molecule has 0 radical (unpaired) electrons. The molecule has 0 amide bonds. The second kappa shape index (κ2) is 5.01. The van der Waals surface area contributed by atoms with Gasteiger partial charge in [0.1, 0.15) is 11.7 Å². The maximum atomic E-state index is 10.6. The summed E-state index contributed by atoms with van der Waals surface area (Å²) >= 11 is 0. The first-order valence-electron chi connectivity index (χ1n) is 4.42. The van der Waals surface area contributed by atoms with Gasteiger partial charge in [0.25, 0.3) is 0 Å². The van der Waals surface area contributed by atoms with E-state index in [1.807, 2.05) is 0 Å². The summed E-state index contributed by atoms with van der Waals surface area (Å²) in [6.45, 7) is 0. The lowest BCUT2D eigenvalue weighted by Crippen LogP contribution is -2.14. The van der Waals surface area contributed by atoms with Gasteiger partial charge in [-0.05, 0) is 24.1 Å². The molecule has 0 aliphatic heterocycles. The van der Waals surface area contributed by atoms with Crippen LogP contribution < -0.4 is 4.74 Å². The van der Waals surface area contributed by atoms with E-state index < -0.39 is 11.9 Å². The third-order valence-electron chi connectivity index (χ3n) is 2.03. The fourth-order valence-corrected chi connectivity index (χ4v) is 1.22. The number of hydrogen-bond donors (Lipinski definition) is 1. The van der Waals surface area contributed by atoms with Crippen molar-refractivity contribution in [3.05, 3.63) is 29.8 Å². The fourth-order valence-electron chi connectivity index (χ4n) is 1.22. The van der Waals surface area contributed by atoms with Crippen LogP contribution in [0.4, 0.5) is 0 Å². The number of methoxy groups -OCH3 is 1. The highest BCUT2D eigenvalue weighted by molar-refractivity contribution is 5.73. The van der Waals surface area contributed by atoms with Gasteiger partial charge in [0, 0.05) is 0 Å². The monoisotopic (exact) mass is 205 g/mol. The van der Waals surface area contributed by atoms with Gasteiger partial charge in [-0.1, -0.05) is 12.1 Å². The normalized spacial score (nSPS) is 11.5. The number of rotatable bonds is 4. The minimum atomic E-state index is -1.10. The third-order valence-corrected chi connectivity index (χ3v) is 2.03. The molecule has 0 fully saturated rings. The molecule has 4 heteroatoms. The molecule has 0 spiro atoms. The summed E-state index contributed by atoms with van der Waals surface area (Å²) in [5.74, 6) is -1.44. The van der Waals surface area contributed by atoms with E-state index in [-0.39, 0.29) is 6.42 Å². The molecule has 0 aromatic heterocycles. The number of carbonyl (C=O) groups is 1. The van der Waals surface area contributed by atoms with Crippen LogP contribution in [0.15, 0.2) is 24.3 Å². The minimum absolute atomic E-state index is 0.197. The van der Waals surface area contributed by atoms with Gasteiger partial charge in [-0.2, -0.15) is 5.26 Å².